The van der Waals surface area contributed by atoms with Gasteiger partial charge >= 0.3 is 0 Å². The van der Waals surface area contributed by atoms with Crippen molar-refractivity contribution in [3.63, 3.8) is 0 Å². The van der Waals surface area contributed by atoms with Crippen molar-refractivity contribution in [2.24, 2.45) is 11.8 Å². The first-order valence-corrected chi connectivity index (χ1v) is 27.0. The van der Waals surface area contributed by atoms with Crippen LogP contribution in [0, 0.1) is 11.8 Å². The van der Waals surface area contributed by atoms with Crippen LogP contribution >= 0.6 is 0 Å². The molecule has 0 amide bonds. The quantitative estimate of drug-likeness (QED) is 0.0469. The number of hydrogen-bond acceptors (Lipinski definition) is 0. The highest BCUT2D eigenvalue weighted by Crippen LogP contribution is 2.57. The molecule has 1 aliphatic rings. The molecule has 2 unspecified atom stereocenters. The van der Waals surface area contributed by atoms with E-state index in [2.05, 4.69) is 258 Å². The summed E-state index contributed by atoms with van der Waals surface area (Å²) in [6, 6.07) is 77.0. The molecule has 0 heteroatoms. The number of rotatable bonds is 22. The van der Waals surface area contributed by atoms with Crippen molar-refractivity contribution >= 4 is 24.3 Å². The minimum Gasteiger partial charge on any atom is -0.0654 e. The lowest BCUT2D eigenvalue weighted by Crippen LogP contribution is -2.31. The summed E-state index contributed by atoms with van der Waals surface area (Å²) in [5, 5.41) is 0. The summed E-state index contributed by atoms with van der Waals surface area (Å²) in [5.74, 6) is 1.71. The van der Waals surface area contributed by atoms with Gasteiger partial charge in [0.25, 0.3) is 0 Å². The van der Waals surface area contributed by atoms with Crippen LogP contribution in [-0.2, 0) is 5.41 Å². The fraction of sp³-hybridized carbons (Fsp3) is 0.268. The molecule has 0 fully saturated rings. The molecule has 1 aliphatic carbocycles. The largest absolute Gasteiger partial charge is 0.0654 e. The first kappa shape index (κ1) is 49.2. The molecule has 2 atom stereocenters. The predicted octanol–water partition coefficient (Wildman–Crippen LogP) is 19.9. The first-order chi connectivity index (χ1) is 35.0. The zero-order valence-corrected chi connectivity index (χ0v) is 42.8. The maximum atomic E-state index is 2.59. The number of hydrogen-bond donors (Lipinski definition) is 0. The zero-order chi connectivity index (χ0) is 48.8. The van der Waals surface area contributed by atoms with E-state index in [0.29, 0.717) is 11.8 Å². The van der Waals surface area contributed by atoms with Crippen LogP contribution in [0.5, 0.6) is 0 Å². The second kappa shape index (κ2) is 23.9. The van der Waals surface area contributed by atoms with E-state index >= 15 is 0 Å². The maximum Gasteiger partial charge on any atom is 0.0339 e. The van der Waals surface area contributed by atoms with Gasteiger partial charge in [0, 0.05) is 17.3 Å². The van der Waals surface area contributed by atoms with Gasteiger partial charge in [0.15, 0.2) is 0 Å². The van der Waals surface area contributed by atoms with Gasteiger partial charge in [-0.3, -0.25) is 0 Å². The molecular formula is C71H74. The zero-order valence-electron chi connectivity index (χ0n) is 42.8. The fourth-order valence-corrected chi connectivity index (χ4v) is 11.9. The van der Waals surface area contributed by atoms with Crippen LogP contribution in [-0.4, -0.2) is 0 Å². The molecule has 8 aromatic carbocycles. The average Bonchev–Trinajstić information content (AvgIpc) is 3.68. The molecule has 0 radical (unpaired) electrons. The lowest BCUT2D eigenvalue weighted by Gasteiger charge is -2.39. The van der Waals surface area contributed by atoms with Crippen molar-refractivity contribution in [1.29, 1.82) is 0 Å². The van der Waals surface area contributed by atoms with E-state index in [1.165, 1.54) is 131 Å². The molecule has 0 spiro atoms. The Morgan fingerprint density at radius 2 is 0.634 bits per heavy atom. The van der Waals surface area contributed by atoms with Crippen LogP contribution in [0.1, 0.15) is 171 Å². The van der Waals surface area contributed by atoms with Crippen molar-refractivity contribution in [3.8, 4) is 11.1 Å². The van der Waals surface area contributed by atoms with E-state index in [1.807, 2.05) is 0 Å². The van der Waals surface area contributed by atoms with E-state index in [0.717, 1.165) is 0 Å². The maximum absolute atomic E-state index is 2.59. The van der Waals surface area contributed by atoms with Crippen molar-refractivity contribution in [2.75, 3.05) is 0 Å². The van der Waals surface area contributed by atoms with Crippen LogP contribution in [0.15, 0.2) is 206 Å². The Kier molecular flexibility index (Phi) is 16.6. The third-order valence-corrected chi connectivity index (χ3v) is 15.8. The van der Waals surface area contributed by atoms with Gasteiger partial charge in [0.2, 0.25) is 0 Å². The lowest BCUT2D eigenvalue weighted by atomic mass is 9.65. The lowest BCUT2D eigenvalue weighted by molar-refractivity contribution is 0.266. The molecule has 0 nitrogen and oxygen atoms in total. The number of benzene rings is 8. The smallest absolute Gasteiger partial charge is 0.0339 e. The second-order valence-corrected chi connectivity index (χ2v) is 20.4. The van der Waals surface area contributed by atoms with Gasteiger partial charge in [-0.15, -0.1) is 0 Å². The molecule has 0 bridgehead atoms. The number of fused-ring (bicyclic) bond motifs is 3. The summed E-state index contributed by atoms with van der Waals surface area (Å²) in [4.78, 5) is 0. The summed E-state index contributed by atoms with van der Waals surface area (Å²) in [5.41, 5.74) is 18.8. The molecular weight excluding hydrogens is 853 g/mol. The van der Waals surface area contributed by atoms with Gasteiger partial charge in [-0.25, -0.2) is 0 Å². The van der Waals surface area contributed by atoms with Gasteiger partial charge in [-0.05, 0) is 103 Å². The molecule has 358 valence electrons. The third-order valence-electron chi connectivity index (χ3n) is 15.8. The van der Waals surface area contributed by atoms with E-state index in [1.54, 1.807) is 11.1 Å². The van der Waals surface area contributed by atoms with Crippen molar-refractivity contribution in [3.05, 3.63) is 273 Å². The summed E-state index contributed by atoms with van der Waals surface area (Å²) in [6.45, 7) is 9.60. The summed E-state index contributed by atoms with van der Waals surface area (Å²) >= 11 is 0. The molecule has 0 heterocycles. The second-order valence-electron chi connectivity index (χ2n) is 20.4. The summed E-state index contributed by atoms with van der Waals surface area (Å²) < 4.78 is 0. The van der Waals surface area contributed by atoms with Crippen molar-refractivity contribution in [2.45, 2.75) is 109 Å². The van der Waals surface area contributed by atoms with Crippen LogP contribution in [0.4, 0.5) is 0 Å². The topological polar surface area (TPSA) is 0 Å². The molecule has 0 saturated heterocycles. The standard InChI is InChI=1S/C71H74/c1-5-9-23-53(7-3)51-71(52-54(8-4)24-10-6-2)67-49-57(35-33-55-37-43-63(44-38-55)69(59-25-15-11-16-26-59)60-27-17-12-18-28-60)41-47-65(67)66-48-42-58(50-68(66)71)36-34-56-39-45-64(46-40-56)70(61-29-19-13-20-30-61)62-31-21-14-22-32-62/h11-22,25-50,53-54,69-70H,5-10,23-24,51-52H2,1-4H3/b35-33+,36-34+. The summed E-state index contributed by atoms with van der Waals surface area (Å²) in [7, 11) is 0. The van der Waals surface area contributed by atoms with E-state index in [4.69, 9.17) is 0 Å². The monoisotopic (exact) mass is 927 g/mol. The highest BCUT2D eigenvalue weighted by atomic mass is 14.5. The molecule has 0 N–H and O–H groups in total. The van der Waals surface area contributed by atoms with Gasteiger partial charge in [0.1, 0.15) is 0 Å². The predicted molar refractivity (Wildman–Crippen MR) is 307 cm³/mol. The minimum absolute atomic E-state index is 0.0573. The van der Waals surface area contributed by atoms with E-state index in [-0.39, 0.29) is 17.3 Å². The molecule has 0 aliphatic heterocycles. The Balaban J connectivity index is 1.06. The third kappa shape index (κ3) is 11.6. The van der Waals surface area contributed by atoms with Gasteiger partial charge in [-0.2, -0.15) is 0 Å². The van der Waals surface area contributed by atoms with Gasteiger partial charge in [0.05, 0.1) is 0 Å². The average molecular weight is 927 g/mol. The van der Waals surface area contributed by atoms with E-state index < -0.39 is 0 Å². The molecule has 0 saturated carbocycles. The molecule has 8 aromatic rings. The number of unbranched alkanes of at least 4 members (excludes halogenated alkanes) is 2. The van der Waals surface area contributed by atoms with Gasteiger partial charge in [-0.1, -0.05) is 310 Å². The van der Waals surface area contributed by atoms with Crippen LogP contribution in [0.2, 0.25) is 0 Å². The Morgan fingerprint density at radius 1 is 0.338 bits per heavy atom. The Labute approximate surface area is 427 Å². The Hall–Kier alpha value is -6.76. The molecule has 0 aromatic heterocycles. The van der Waals surface area contributed by atoms with Crippen molar-refractivity contribution in [1.82, 2.24) is 0 Å². The van der Waals surface area contributed by atoms with Crippen molar-refractivity contribution < 1.29 is 0 Å². The van der Waals surface area contributed by atoms with Gasteiger partial charge < -0.3 is 0 Å². The highest BCUT2D eigenvalue weighted by Gasteiger charge is 2.45. The normalized spacial score (nSPS) is 13.8. The fourth-order valence-electron chi connectivity index (χ4n) is 11.9. The summed E-state index contributed by atoms with van der Waals surface area (Å²) in [6.07, 6.45) is 21.8. The highest BCUT2D eigenvalue weighted by molar-refractivity contribution is 5.85. The van der Waals surface area contributed by atoms with Crippen LogP contribution < -0.4 is 0 Å². The minimum atomic E-state index is -0.0573. The molecule has 9 rings (SSSR count). The Morgan fingerprint density at radius 3 is 0.944 bits per heavy atom. The SMILES string of the molecule is CCCCC(CC)CC1(CC(CC)CCCC)c2cc(/C=C/c3ccc(C(c4ccccc4)c4ccccc4)cc3)ccc2-c2ccc(/C=C/c3ccc(C(c4ccccc4)c4ccccc4)cc3)cc21. The van der Waals surface area contributed by atoms with Crippen LogP contribution in [0.3, 0.4) is 0 Å². The van der Waals surface area contributed by atoms with Crippen LogP contribution in [0.25, 0.3) is 35.4 Å². The Bertz CT molecular complexity index is 2650. The molecule has 71 heavy (non-hydrogen) atoms. The first-order valence-electron chi connectivity index (χ1n) is 27.0. The van der Waals surface area contributed by atoms with E-state index in [9.17, 15) is 0 Å².